The van der Waals surface area contributed by atoms with Gasteiger partial charge in [0.25, 0.3) is 11.8 Å². The van der Waals surface area contributed by atoms with Crippen molar-refractivity contribution in [3.05, 3.63) is 64.8 Å². The van der Waals surface area contributed by atoms with Crippen molar-refractivity contribution in [2.45, 2.75) is 58.2 Å². The van der Waals surface area contributed by atoms with Crippen molar-refractivity contribution >= 4 is 28.7 Å². The lowest BCUT2D eigenvalue weighted by atomic mass is 9.91. The molecule has 1 aromatic heterocycles. The van der Waals surface area contributed by atoms with Crippen LogP contribution in [0, 0.1) is 6.92 Å². The lowest BCUT2D eigenvalue weighted by Crippen LogP contribution is -2.39. The number of fused-ring (bicyclic) bond motifs is 1. The third-order valence-corrected chi connectivity index (χ3v) is 7.47. The van der Waals surface area contributed by atoms with Gasteiger partial charge in [-0.15, -0.1) is 5.06 Å². The van der Waals surface area contributed by atoms with E-state index >= 15 is 0 Å². The first kappa shape index (κ1) is 25.9. The highest BCUT2D eigenvalue weighted by Gasteiger charge is 2.34. The fourth-order valence-corrected chi connectivity index (χ4v) is 5.52. The number of aromatic amines is 1. The molecule has 0 spiro atoms. The molecule has 0 radical (unpaired) electrons. The van der Waals surface area contributed by atoms with Crippen molar-refractivity contribution in [1.29, 1.82) is 0 Å². The van der Waals surface area contributed by atoms with E-state index in [1.807, 2.05) is 25.3 Å². The van der Waals surface area contributed by atoms with Crippen LogP contribution in [0.3, 0.4) is 0 Å². The predicted molar refractivity (Wildman–Crippen MR) is 140 cm³/mol. The molecule has 2 fully saturated rings. The molecular formula is C29H33N3O6. The van der Waals surface area contributed by atoms with Crippen LogP contribution in [0.25, 0.3) is 10.9 Å². The van der Waals surface area contributed by atoms with E-state index in [0.717, 1.165) is 52.7 Å². The molecule has 5 rings (SSSR count). The van der Waals surface area contributed by atoms with Gasteiger partial charge in [0.15, 0.2) is 0 Å². The summed E-state index contributed by atoms with van der Waals surface area (Å²) in [6.07, 6.45) is 3.97. The monoisotopic (exact) mass is 519 g/mol. The van der Waals surface area contributed by atoms with E-state index in [9.17, 15) is 14.4 Å². The minimum Gasteiger partial charge on any atom is -0.496 e. The van der Waals surface area contributed by atoms with Crippen LogP contribution in [0.15, 0.2) is 42.6 Å². The van der Waals surface area contributed by atoms with Crippen LogP contribution in [-0.2, 0) is 25.7 Å². The molecule has 1 unspecified atom stereocenters. The Labute approximate surface area is 221 Å². The molecule has 3 heterocycles. The van der Waals surface area contributed by atoms with Crippen LogP contribution in [0.1, 0.15) is 65.7 Å². The molecule has 2 saturated heterocycles. The van der Waals surface area contributed by atoms with Gasteiger partial charge < -0.3 is 19.3 Å². The molecule has 0 saturated carbocycles. The Kier molecular flexibility index (Phi) is 7.49. The number of hydroxylamine groups is 2. The van der Waals surface area contributed by atoms with Gasteiger partial charge in [-0.3, -0.25) is 14.5 Å². The predicted octanol–water partition coefficient (Wildman–Crippen LogP) is 4.45. The number of methoxy groups -OCH3 is 1. The average molecular weight is 520 g/mol. The van der Waals surface area contributed by atoms with Crippen molar-refractivity contribution < 1.29 is 28.7 Å². The molecule has 9 heteroatoms. The third-order valence-electron chi connectivity index (χ3n) is 7.47. The SMILES string of the molecule is CCOC1CCN(Cc2c(OC)cc(C)c3[nH]ccc23)[C@H](c2ccc(C(=O)ON3C(=O)CCC3=O)cc2)C1. The number of nitrogens with zero attached hydrogens (tertiary/aromatic N) is 2. The van der Waals surface area contributed by atoms with Gasteiger partial charge >= 0.3 is 5.97 Å². The van der Waals surface area contributed by atoms with Crippen molar-refractivity contribution in [2.24, 2.45) is 0 Å². The number of likely N-dealkylation sites (tertiary alicyclic amines) is 1. The number of hydrogen-bond donors (Lipinski definition) is 1. The number of piperidine rings is 1. The smallest absolute Gasteiger partial charge is 0.363 e. The fourth-order valence-electron chi connectivity index (χ4n) is 5.52. The summed E-state index contributed by atoms with van der Waals surface area (Å²) >= 11 is 0. The highest BCUT2D eigenvalue weighted by Crippen LogP contribution is 2.38. The normalized spacial score (nSPS) is 20.3. The minimum absolute atomic E-state index is 0.0599. The Morgan fingerprint density at radius 3 is 2.53 bits per heavy atom. The van der Waals surface area contributed by atoms with Gasteiger partial charge in [-0.25, -0.2) is 4.79 Å². The van der Waals surface area contributed by atoms with Gasteiger partial charge in [0.2, 0.25) is 0 Å². The summed E-state index contributed by atoms with van der Waals surface area (Å²) in [7, 11) is 1.71. The Morgan fingerprint density at radius 1 is 1.11 bits per heavy atom. The second kappa shape index (κ2) is 11.0. The zero-order valence-corrected chi connectivity index (χ0v) is 22.0. The molecule has 200 valence electrons. The molecule has 0 aliphatic carbocycles. The largest absolute Gasteiger partial charge is 0.496 e. The van der Waals surface area contributed by atoms with Crippen LogP contribution >= 0.6 is 0 Å². The lowest BCUT2D eigenvalue weighted by Gasteiger charge is -2.40. The Morgan fingerprint density at radius 2 is 1.84 bits per heavy atom. The summed E-state index contributed by atoms with van der Waals surface area (Å²) in [6, 6.07) is 11.4. The molecule has 0 bridgehead atoms. The Hall–Kier alpha value is -3.69. The molecule has 3 aromatic rings. The molecule has 1 N–H and O–H groups in total. The number of nitrogens with one attached hydrogen (secondary N) is 1. The second-order valence-corrected chi connectivity index (χ2v) is 9.81. The van der Waals surface area contributed by atoms with Crippen molar-refractivity contribution in [1.82, 2.24) is 14.9 Å². The van der Waals surface area contributed by atoms with Crippen LogP contribution in [0.4, 0.5) is 0 Å². The first-order chi connectivity index (χ1) is 18.4. The maximum atomic E-state index is 12.6. The molecule has 2 atom stereocenters. The van der Waals surface area contributed by atoms with E-state index in [-0.39, 0.29) is 30.6 Å². The summed E-state index contributed by atoms with van der Waals surface area (Å²) in [6.45, 7) is 6.29. The van der Waals surface area contributed by atoms with E-state index in [2.05, 4.69) is 28.9 Å². The first-order valence-corrected chi connectivity index (χ1v) is 13.1. The molecule has 2 amide bonds. The van der Waals surface area contributed by atoms with Crippen LogP contribution < -0.4 is 4.74 Å². The summed E-state index contributed by atoms with van der Waals surface area (Å²) in [5.41, 5.74) is 4.71. The number of rotatable bonds is 8. The molecule has 2 aliphatic rings. The number of amides is 2. The number of carbonyl (C=O) groups is 3. The number of ether oxygens (including phenoxy) is 2. The number of carbonyl (C=O) groups excluding carboxylic acids is 3. The highest BCUT2D eigenvalue weighted by atomic mass is 16.7. The van der Waals surface area contributed by atoms with Gasteiger partial charge in [0.1, 0.15) is 5.75 Å². The van der Waals surface area contributed by atoms with Crippen LogP contribution in [-0.4, -0.2) is 59.1 Å². The Bertz CT molecular complexity index is 1330. The molecule has 2 aliphatic heterocycles. The first-order valence-electron chi connectivity index (χ1n) is 13.1. The summed E-state index contributed by atoms with van der Waals surface area (Å²) in [5.74, 6) is -0.859. The number of benzene rings is 2. The van der Waals surface area contributed by atoms with E-state index in [1.54, 1.807) is 19.2 Å². The standard InChI is InChI=1S/C29H33N3O6/c1-4-37-21-12-14-31(17-23-22-11-13-30-28(22)18(2)15-25(23)36-3)24(16-21)19-5-7-20(8-6-19)29(35)38-32-26(33)9-10-27(32)34/h5-8,11,13,15,21,24,30H,4,9-10,12,14,16-17H2,1-3H3/t21?,24-/m0/s1. The third kappa shape index (κ3) is 5.04. The summed E-state index contributed by atoms with van der Waals surface area (Å²) in [5, 5.41) is 1.72. The molecular weight excluding hydrogens is 486 g/mol. The van der Waals surface area contributed by atoms with Gasteiger partial charge in [-0.2, -0.15) is 0 Å². The van der Waals surface area contributed by atoms with Crippen molar-refractivity contribution in [3.63, 3.8) is 0 Å². The maximum absolute atomic E-state index is 12.6. The van der Waals surface area contributed by atoms with E-state index in [4.69, 9.17) is 14.3 Å². The highest BCUT2D eigenvalue weighted by molar-refractivity contribution is 6.02. The second-order valence-electron chi connectivity index (χ2n) is 9.81. The average Bonchev–Trinajstić information content (AvgIpc) is 3.54. The van der Waals surface area contributed by atoms with Gasteiger partial charge in [-0.1, -0.05) is 12.1 Å². The number of aryl methyl sites for hydroxylation is 1. The van der Waals surface area contributed by atoms with Gasteiger partial charge in [0.05, 0.1) is 18.8 Å². The summed E-state index contributed by atoms with van der Waals surface area (Å²) in [4.78, 5) is 47.1. The number of aromatic nitrogens is 1. The van der Waals surface area contributed by atoms with Crippen molar-refractivity contribution in [3.8, 4) is 5.75 Å². The van der Waals surface area contributed by atoms with Gasteiger partial charge in [0, 0.05) is 61.2 Å². The molecule has 2 aromatic carbocycles. The number of imide groups is 1. The number of H-pyrrole nitrogens is 1. The summed E-state index contributed by atoms with van der Waals surface area (Å²) < 4.78 is 11.8. The number of hydrogen-bond acceptors (Lipinski definition) is 7. The topological polar surface area (TPSA) is 101 Å². The van der Waals surface area contributed by atoms with E-state index < -0.39 is 17.8 Å². The van der Waals surface area contributed by atoms with Crippen molar-refractivity contribution in [2.75, 3.05) is 20.3 Å². The molecule has 38 heavy (non-hydrogen) atoms. The van der Waals surface area contributed by atoms with Gasteiger partial charge in [-0.05, 0) is 62.1 Å². The molecule has 9 nitrogen and oxygen atoms in total. The van der Waals surface area contributed by atoms with E-state index in [0.29, 0.717) is 18.2 Å². The zero-order valence-electron chi connectivity index (χ0n) is 22.0. The quantitative estimate of drug-likeness (QED) is 0.439. The zero-order chi connectivity index (χ0) is 26.8. The lowest BCUT2D eigenvalue weighted by molar-refractivity contribution is -0.172. The van der Waals surface area contributed by atoms with Crippen LogP contribution in [0.2, 0.25) is 0 Å². The van der Waals surface area contributed by atoms with Crippen LogP contribution in [0.5, 0.6) is 5.75 Å². The minimum atomic E-state index is -0.730. The Balaban J connectivity index is 1.40. The maximum Gasteiger partial charge on any atom is 0.363 e. The van der Waals surface area contributed by atoms with E-state index in [1.165, 1.54) is 0 Å². The fraction of sp³-hybridized carbons (Fsp3) is 0.414.